The summed E-state index contributed by atoms with van der Waals surface area (Å²) in [5.74, 6) is 0.856. The minimum atomic E-state index is 0.0112. The number of benzene rings is 1. The number of aromatic nitrogens is 3. The topological polar surface area (TPSA) is 64.4 Å². The van der Waals surface area contributed by atoms with Crippen LogP contribution in [0.2, 0.25) is 0 Å². The van der Waals surface area contributed by atoms with Crippen molar-refractivity contribution in [3.63, 3.8) is 0 Å². The monoisotopic (exact) mass is 329 g/mol. The predicted molar refractivity (Wildman–Crippen MR) is 88.7 cm³/mol. The summed E-state index contributed by atoms with van der Waals surface area (Å²) in [7, 11) is 1.67. The highest BCUT2D eigenvalue weighted by Crippen LogP contribution is 2.28. The van der Waals surface area contributed by atoms with Crippen molar-refractivity contribution in [2.75, 3.05) is 33.3 Å². The fraction of sp³-hybridized carbons (Fsp3) is 0.529. The molecule has 2 aromatic rings. The molecular weight excluding hydrogens is 306 g/mol. The van der Waals surface area contributed by atoms with Crippen LogP contribution in [0.4, 0.5) is 0 Å². The second kappa shape index (κ2) is 6.88. The summed E-state index contributed by atoms with van der Waals surface area (Å²) in [6.07, 6.45) is 0.0112. The molecule has 3 heterocycles. The summed E-state index contributed by atoms with van der Waals surface area (Å²) in [6, 6.07) is 8.02. The molecule has 1 atom stereocenters. The van der Waals surface area contributed by atoms with Crippen molar-refractivity contribution in [3.05, 3.63) is 41.2 Å². The van der Waals surface area contributed by atoms with Crippen LogP contribution in [0.15, 0.2) is 24.3 Å². The number of fused-ring (bicyclic) bond motifs is 1. The Morgan fingerprint density at radius 1 is 1.25 bits per heavy atom. The van der Waals surface area contributed by atoms with E-state index in [2.05, 4.69) is 20.5 Å². The molecule has 0 spiro atoms. The number of hydrogen-bond donors (Lipinski definition) is 1. The molecule has 1 N–H and O–H groups in total. The third kappa shape index (κ3) is 3.15. The van der Waals surface area contributed by atoms with Crippen LogP contribution in [0.25, 0.3) is 0 Å². The van der Waals surface area contributed by atoms with Crippen LogP contribution in [0.1, 0.15) is 23.1 Å². The lowest BCUT2D eigenvalue weighted by Crippen LogP contribution is -2.43. The Bertz CT molecular complexity index is 679. The predicted octanol–water partition coefficient (Wildman–Crippen LogP) is 0.963. The highest BCUT2D eigenvalue weighted by Gasteiger charge is 2.26. The third-order valence-corrected chi connectivity index (χ3v) is 4.75. The maximum Gasteiger partial charge on any atom is 0.118 e. The van der Waals surface area contributed by atoms with E-state index in [9.17, 15) is 0 Å². The van der Waals surface area contributed by atoms with Crippen molar-refractivity contribution in [3.8, 4) is 5.75 Å². The van der Waals surface area contributed by atoms with Gasteiger partial charge in [-0.15, -0.1) is 5.10 Å². The second-order valence-corrected chi connectivity index (χ2v) is 6.26. The van der Waals surface area contributed by atoms with Crippen molar-refractivity contribution in [2.45, 2.75) is 25.8 Å². The molecule has 0 amide bonds. The quantitative estimate of drug-likeness (QED) is 0.901. The lowest BCUT2D eigenvalue weighted by Gasteiger charge is -2.28. The van der Waals surface area contributed by atoms with Gasteiger partial charge in [0.25, 0.3) is 0 Å². The number of nitrogens with one attached hydrogen (secondary N) is 1. The van der Waals surface area contributed by atoms with Gasteiger partial charge in [0.1, 0.15) is 17.5 Å². The molecule has 2 aliphatic rings. The van der Waals surface area contributed by atoms with Gasteiger partial charge in [0.05, 0.1) is 26.0 Å². The minimum Gasteiger partial charge on any atom is -0.497 e. The minimum absolute atomic E-state index is 0.0112. The van der Waals surface area contributed by atoms with Crippen LogP contribution >= 0.6 is 0 Å². The van der Waals surface area contributed by atoms with Gasteiger partial charge in [0.15, 0.2) is 0 Å². The van der Waals surface area contributed by atoms with E-state index in [4.69, 9.17) is 9.47 Å². The fourth-order valence-corrected chi connectivity index (χ4v) is 3.29. The Balaban J connectivity index is 1.45. The maximum atomic E-state index is 6.08. The Hall–Kier alpha value is -1.96. The van der Waals surface area contributed by atoms with E-state index in [0.29, 0.717) is 13.2 Å². The van der Waals surface area contributed by atoms with Gasteiger partial charge in [0, 0.05) is 32.7 Å². The maximum absolute atomic E-state index is 6.08. The summed E-state index contributed by atoms with van der Waals surface area (Å²) < 4.78 is 13.3. The molecule has 1 fully saturated rings. The Morgan fingerprint density at radius 3 is 2.79 bits per heavy atom. The average Bonchev–Trinajstić information content (AvgIpc) is 3.05. The fourth-order valence-electron chi connectivity index (χ4n) is 3.29. The van der Waals surface area contributed by atoms with Crippen molar-refractivity contribution in [1.82, 2.24) is 25.2 Å². The first-order chi connectivity index (χ1) is 11.8. The SMILES string of the molecule is COc1ccc([C@H]2Cn3nnc(CN4CCNCC4)c3CO2)cc1. The summed E-state index contributed by atoms with van der Waals surface area (Å²) >= 11 is 0. The average molecular weight is 329 g/mol. The van der Waals surface area contributed by atoms with Crippen LogP contribution in [-0.2, 0) is 24.4 Å². The molecule has 2 aliphatic heterocycles. The van der Waals surface area contributed by atoms with Gasteiger partial charge in [-0.05, 0) is 17.7 Å². The normalized spacial score (nSPS) is 21.5. The molecule has 7 heteroatoms. The van der Waals surface area contributed by atoms with Crippen LogP contribution in [-0.4, -0.2) is 53.2 Å². The van der Waals surface area contributed by atoms with Crippen molar-refractivity contribution < 1.29 is 9.47 Å². The van der Waals surface area contributed by atoms with Gasteiger partial charge in [-0.25, -0.2) is 4.68 Å². The van der Waals surface area contributed by atoms with Crippen LogP contribution in [0.3, 0.4) is 0 Å². The van der Waals surface area contributed by atoms with Crippen LogP contribution < -0.4 is 10.1 Å². The lowest BCUT2D eigenvalue weighted by atomic mass is 10.1. The summed E-state index contributed by atoms with van der Waals surface area (Å²) in [4.78, 5) is 2.41. The number of ether oxygens (including phenoxy) is 2. The number of rotatable bonds is 4. The molecule has 24 heavy (non-hydrogen) atoms. The summed E-state index contributed by atoms with van der Waals surface area (Å²) in [5, 5.41) is 12.1. The number of methoxy groups -OCH3 is 1. The summed E-state index contributed by atoms with van der Waals surface area (Å²) in [6.45, 7) is 6.32. The largest absolute Gasteiger partial charge is 0.497 e. The van der Waals surface area contributed by atoms with Gasteiger partial charge < -0.3 is 14.8 Å². The van der Waals surface area contributed by atoms with Gasteiger partial charge >= 0.3 is 0 Å². The molecule has 7 nitrogen and oxygen atoms in total. The highest BCUT2D eigenvalue weighted by molar-refractivity contribution is 5.29. The molecule has 0 bridgehead atoms. The molecular formula is C17H23N5O2. The second-order valence-electron chi connectivity index (χ2n) is 6.26. The van der Waals surface area contributed by atoms with E-state index in [1.54, 1.807) is 7.11 Å². The van der Waals surface area contributed by atoms with E-state index in [1.165, 1.54) is 0 Å². The molecule has 0 aliphatic carbocycles. The van der Waals surface area contributed by atoms with Gasteiger partial charge in [-0.3, -0.25) is 4.90 Å². The third-order valence-electron chi connectivity index (χ3n) is 4.75. The van der Waals surface area contributed by atoms with E-state index in [-0.39, 0.29) is 6.10 Å². The Kier molecular flexibility index (Phi) is 4.46. The summed E-state index contributed by atoms with van der Waals surface area (Å²) in [5.41, 5.74) is 3.30. The number of hydrogen-bond acceptors (Lipinski definition) is 6. The molecule has 0 radical (unpaired) electrons. The molecule has 1 aromatic heterocycles. The Morgan fingerprint density at radius 2 is 2.04 bits per heavy atom. The first-order valence-corrected chi connectivity index (χ1v) is 8.43. The standard InChI is InChI=1S/C17H23N5O2/c1-23-14-4-2-13(3-5-14)17-11-22-16(12-24-17)15(19-20-22)10-21-8-6-18-7-9-21/h2-5,17-18H,6-12H2,1H3/t17-/m1/s1. The zero-order valence-corrected chi connectivity index (χ0v) is 13.9. The zero-order valence-electron chi connectivity index (χ0n) is 13.9. The van der Waals surface area contributed by atoms with Crippen LogP contribution in [0, 0.1) is 0 Å². The first-order valence-electron chi connectivity index (χ1n) is 8.43. The molecule has 0 unspecified atom stereocenters. The van der Waals surface area contributed by atoms with Crippen molar-refractivity contribution in [1.29, 1.82) is 0 Å². The smallest absolute Gasteiger partial charge is 0.118 e. The molecule has 128 valence electrons. The first kappa shape index (κ1) is 15.6. The van der Waals surface area contributed by atoms with Crippen molar-refractivity contribution >= 4 is 0 Å². The van der Waals surface area contributed by atoms with Crippen LogP contribution in [0.5, 0.6) is 5.75 Å². The van der Waals surface area contributed by atoms with E-state index >= 15 is 0 Å². The number of piperazine rings is 1. The van der Waals surface area contributed by atoms with Gasteiger partial charge in [-0.2, -0.15) is 0 Å². The lowest BCUT2D eigenvalue weighted by molar-refractivity contribution is -0.00214. The van der Waals surface area contributed by atoms with E-state index in [1.807, 2.05) is 28.9 Å². The molecule has 0 saturated carbocycles. The Labute approximate surface area is 141 Å². The zero-order chi connectivity index (χ0) is 16.4. The molecule has 4 rings (SSSR count). The highest BCUT2D eigenvalue weighted by atomic mass is 16.5. The van der Waals surface area contributed by atoms with Gasteiger partial charge in [-0.1, -0.05) is 17.3 Å². The van der Waals surface area contributed by atoms with Crippen molar-refractivity contribution in [2.24, 2.45) is 0 Å². The van der Waals surface area contributed by atoms with Gasteiger partial charge in [0.2, 0.25) is 0 Å². The molecule has 1 aromatic carbocycles. The van der Waals surface area contributed by atoms with E-state index in [0.717, 1.165) is 55.4 Å². The van der Waals surface area contributed by atoms with E-state index < -0.39 is 0 Å². The molecule has 1 saturated heterocycles. The number of nitrogens with zero attached hydrogens (tertiary/aromatic N) is 4.